The second kappa shape index (κ2) is 5.63. The van der Waals surface area contributed by atoms with Crippen molar-refractivity contribution in [3.8, 4) is 0 Å². The van der Waals surface area contributed by atoms with Crippen molar-refractivity contribution in [3.63, 3.8) is 0 Å². The lowest BCUT2D eigenvalue weighted by Gasteiger charge is -2.30. The van der Waals surface area contributed by atoms with Gasteiger partial charge in [0, 0.05) is 19.2 Å². The quantitative estimate of drug-likeness (QED) is 0.631. The molecule has 1 amide bonds. The molecule has 0 unspecified atom stereocenters. The fourth-order valence-corrected chi connectivity index (χ4v) is 2.00. The molecule has 0 radical (unpaired) electrons. The van der Waals surface area contributed by atoms with E-state index in [0.717, 1.165) is 12.8 Å². The van der Waals surface area contributed by atoms with E-state index in [1.165, 1.54) is 19.3 Å². The Hall–Kier alpha value is -1.05. The summed E-state index contributed by atoms with van der Waals surface area (Å²) in [7, 11) is 0. The second-order valence-corrected chi connectivity index (χ2v) is 3.80. The van der Waals surface area contributed by atoms with Crippen LogP contribution in [0.4, 0.5) is 0 Å². The molecule has 0 aromatic carbocycles. The summed E-state index contributed by atoms with van der Waals surface area (Å²) in [5, 5.41) is 0. The van der Waals surface area contributed by atoms with Crippen molar-refractivity contribution < 1.29 is 4.79 Å². The van der Waals surface area contributed by atoms with Crippen LogP contribution in [0.15, 0.2) is 24.9 Å². The molecule has 0 spiro atoms. The van der Waals surface area contributed by atoms with Gasteiger partial charge in [0.2, 0.25) is 5.91 Å². The van der Waals surface area contributed by atoms with E-state index in [-0.39, 0.29) is 5.91 Å². The van der Waals surface area contributed by atoms with E-state index < -0.39 is 0 Å². The summed E-state index contributed by atoms with van der Waals surface area (Å²) in [5.74, 6) is 0.134. The molecule has 0 aromatic rings. The molecule has 0 aromatic heterocycles. The monoisotopic (exact) mass is 193 g/mol. The van der Waals surface area contributed by atoms with Gasteiger partial charge >= 0.3 is 0 Å². The summed E-state index contributed by atoms with van der Waals surface area (Å²) in [6.45, 7) is 5.24. The van der Waals surface area contributed by atoms with Gasteiger partial charge in [-0.3, -0.25) is 4.79 Å². The lowest BCUT2D eigenvalue weighted by molar-refractivity contribution is -0.128. The van der Waals surface area contributed by atoms with Crippen molar-refractivity contribution in [2.75, 3.05) is 0 Å². The number of allylic oxidation sites excluding steroid dienone is 2. The van der Waals surface area contributed by atoms with E-state index in [9.17, 15) is 4.79 Å². The molecular formula is C12H19NO. The highest BCUT2D eigenvalue weighted by molar-refractivity contribution is 5.74. The average Bonchev–Trinajstić information content (AvgIpc) is 2.19. The topological polar surface area (TPSA) is 20.3 Å². The van der Waals surface area contributed by atoms with Crippen molar-refractivity contribution in [1.82, 2.24) is 4.90 Å². The van der Waals surface area contributed by atoms with Gasteiger partial charge in [0.15, 0.2) is 0 Å². The predicted molar refractivity (Wildman–Crippen MR) is 58.7 cm³/mol. The molecule has 0 N–H and O–H groups in total. The molecule has 1 rings (SSSR count). The first-order valence-corrected chi connectivity index (χ1v) is 5.34. The second-order valence-electron chi connectivity index (χ2n) is 3.80. The lowest BCUT2D eigenvalue weighted by atomic mass is 9.94. The Morgan fingerprint density at radius 1 is 1.36 bits per heavy atom. The first kappa shape index (κ1) is 11.0. The van der Waals surface area contributed by atoms with E-state index in [1.807, 2.05) is 17.2 Å². The Labute approximate surface area is 86.3 Å². The van der Waals surface area contributed by atoms with E-state index in [0.29, 0.717) is 6.04 Å². The third-order valence-electron chi connectivity index (χ3n) is 2.71. The third-order valence-corrected chi connectivity index (χ3v) is 2.71. The molecule has 0 saturated heterocycles. The van der Waals surface area contributed by atoms with E-state index in [4.69, 9.17) is 0 Å². The van der Waals surface area contributed by atoms with Crippen LogP contribution in [0, 0.1) is 0 Å². The van der Waals surface area contributed by atoms with Crippen LogP contribution in [0.5, 0.6) is 0 Å². The van der Waals surface area contributed by atoms with Gasteiger partial charge in [0.1, 0.15) is 0 Å². The minimum atomic E-state index is 0.134. The summed E-state index contributed by atoms with van der Waals surface area (Å²) in [6.07, 6.45) is 11.5. The van der Waals surface area contributed by atoms with Gasteiger partial charge in [-0.2, -0.15) is 0 Å². The fraction of sp³-hybridized carbons (Fsp3) is 0.583. The zero-order valence-corrected chi connectivity index (χ0v) is 8.91. The molecule has 14 heavy (non-hydrogen) atoms. The molecule has 1 fully saturated rings. The molecule has 2 nitrogen and oxygen atoms in total. The van der Waals surface area contributed by atoms with Crippen LogP contribution < -0.4 is 0 Å². The first-order chi connectivity index (χ1) is 6.75. The van der Waals surface area contributed by atoms with Crippen LogP contribution in [0.2, 0.25) is 0 Å². The van der Waals surface area contributed by atoms with Gasteiger partial charge in [0.05, 0.1) is 0 Å². The Kier molecular flexibility index (Phi) is 4.44. The third kappa shape index (κ3) is 3.02. The van der Waals surface area contributed by atoms with Crippen molar-refractivity contribution in [1.29, 1.82) is 0 Å². The van der Waals surface area contributed by atoms with Crippen LogP contribution in [0.3, 0.4) is 0 Å². The zero-order valence-electron chi connectivity index (χ0n) is 8.91. The van der Waals surface area contributed by atoms with Crippen molar-refractivity contribution in [2.45, 2.75) is 45.1 Å². The zero-order chi connectivity index (χ0) is 10.4. The minimum Gasteiger partial charge on any atom is -0.316 e. The number of rotatable bonds is 3. The number of nitrogens with zero attached hydrogens (tertiary/aromatic N) is 1. The SMILES string of the molecule is C=C/C=C/N(C(C)=O)C1CCCCC1. The summed E-state index contributed by atoms with van der Waals surface area (Å²) in [6, 6.07) is 0.414. The highest BCUT2D eigenvalue weighted by atomic mass is 16.2. The van der Waals surface area contributed by atoms with Crippen molar-refractivity contribution >= 4 is 5.91 Å². The molecule has 0 heterocycles. The number of hydrogen-bond acceptors (Lipinski definition) is 1. The Bertz CT molecular complexity index is 226. The van der Waals surface area contributed by atoms with Crippen molar-refractivity contribution in [2.24, 2.45) is 0 Å². The predicted octanol–water partition coefficient (Wildman–Crippen LogP) is 2.87. The largest absolute Gasteiger partial charge is 0.316 e. The maximum atomic E-state index is 11.4. The van der Waals surface area contributed by atoms with Gasteiger partial charge in [-0.05, 0) is 18.9 Å². The smallest absolute Gasteiger partial charge is 0.223 e. The number of hydrogen-bond donors (Lipinski definition) is 0. The molecule has 1 aliphatic carbocycles. The van der Waals surface area contributed by atoms with Gasteiger partial charge in [-0.1, -0.05) is 31.9 Å². The van der Waals surface area contributed by atoms with Crippen LogP contribution in [0.25, 0.3) is 0 Å². The van der Waals surface area contributed by atoms with Gasteiger partial charge in [-0.25, -0.2) is 0 Å². The number of amides is 1. The van der Waals surface area contributed by atoms with E-state index in [1.54, 1.807) is 13.0 Å². The number of carbonyl (C=O) groups is 1. The Morgan fingerprint density at radius 3 is 2.50 bits per heavy atom. The molecule has 0 atom stereocenters. The number of carbonyl (C=O) groups excluding carboxylic acids is 1. The minimum absolute atomic E-state index is 0.134. The summed E-state index contributed by atoms with van der Waals surface area (Å²) in [4.78, 5) is 13.2. The van der Waals surface area contributed by atoms with Crippen LogP contribution in [-0.4, -0.2) is 16.8 Å². The Balaban J connectivity index is 2.60. The van der Waals surface area contributed by atoms with Crippen LogP contribution in [-0.2, 0) is 4.79 Å². The lowest BCUT2D eigenvalue weighted by Crippen LogP contribution is -2.35. The Morgan fingerprint density at radius 2 is 2.00 bits per heavy atom. The van der Waals surface area contributed by atoms with Gasteiger partial charge < -0.3 is 4.90 Å². The molecule has 1 aliphatic rings. The van der Waals surface area contributed by atoms with E-state index >= 15 is 0 Å². The first-order valence-electron chi connectivity index (χ1n) is 5.34. The van der Waals surface area contributed by atoms with Crippen LogP contribution in [0.1, 0.15) is 39.0 Å². The van der Waals surface area contributed by atoms with Gasteiger partial charge in [0.25, 0.3) is 0 Å². The molecule has 1 saturated carbocycles. The average molecular weight is 193 g/mol. The highest BCUT2D eigenvalue weighted by Gasteiger charge is 2.20. The molecule has 2 heteroatoms. The summed E-state index contributed by atoms with van der Waals surface area (Å²) >= 11 is 0. The molecule has 0 aliphatic heterocycles. The van der Waals surface area contributed by atoms with Crippen molar-refractivity contribution in [3.05, 3.63) is 24.9 Å². The molecule has 78 valence electrons. The maximum Gasteiger partial charge on any atom is 0.223 e. The van der Waals surface area contributed by atoms with Gasteiger partial charge in [-0.15, -0.1) is 0 Å². The normalized spacial score (nSPS) is 18.4. The maximum absolute atomic E-state index is 11.4. The fourth-order valence-electron chi connectivity index (χ4n) is 2.00. The molecule has 0 bridgehead atoms. The summed E-state index contributed by atoms with van der Waals surface area (Å²) < 4.78 is 0. The standard InChI is InChI=1S/C12H19NO/c1-3-4-10-13(11(2)14)12-8-6-5-7-9-12/h3-4,10,12H,1,5-9H2,2H3/b10-4+. The summed E-state index contributed by atoms with van der Waals surface area (Å²) in [5.41, 5.74) is 0. The highest BCUT2D eigenvalue weighted by Crippen LogP contribution is 2.22. The molecular weight excluding hydrogens is 174 g/mol. The van der Waals surface area contributed by atoms with Crippen LogP contribution >= 0.6 is 0 Å². The van der Waals surface area contributed by atoms with E-state index in [2.05, 4.69) is 6.58 Å².